The molecule has 1 unspecified atom stereocenters. The van der Waals surface area contributed by atoms with Crippen LogP contribution in [-0.4, -0.2) is 5.11 Å². The Hall–Kier alpha value is -9.14. The Bertz CT molecular complexity index is 7180. The zero-order valence-electron chi connectivity index (χ0n) is 38.3. The molecule has 0 aliphatic heterocycles. The summed E-state index contributed by atoms with van der Waals surface area (Å²) in [7, 11) is 0. The van der Waals surface area contributed by atoms with E-state index in [-0.39, 0.29) is 0 Å². The first-order valence-corrected chi connectivity index (χ1v) is 27.9. The number of hydrogen-bond donors (Lipinski definition) is 1. The quantitative estimate of drug-likeness (QED) is 0.175. The van der Waals surface area contributed by atoms with E-state index in [4.69, 9.17) is 0 Å². The molecule has 75 heavy (non-hydrogen) atoms. The molecular formula is C74H12O. The maximum Gasteiger partial charge on any atom is 0.0911 e. The number of benzene rings is 20. The summed E-state index contributed by atoms with van der Waals surface area (Å²) < 4.78 is 0. The molecule has 30 aromatic carbocycles. The zero-order valence-corrected chi connectivity index (χ0v) is 38.3. The van der Waals surface area contributed by atoms with E-state index in [1.165, 1.54) is 5.56 Å². The highest BCUT2D eigenvalue weighted by Gasteiger charge is 2.96. The first-order chi connectivity index (χ1) is 37.4. The van der Waals surface area contributed by atoms with Crippen molar-refractivity contribution in [2.75, 3.05) is 0 Å². The van der Waals surface area contributed by atoms with Gasteiger partial charge in [-0.1, -0.05) is 60.7 Å². The Balaban J connectivity index is 1.12. The summed E-state index contributed by atoms with van der Waals surface area (Å²) in [5.74, 6) is 0. The van der Waals surface area contributed by atoms with Crippen LogP contribution in [-0.2, 0) is 16.2 Å². The van der Waals surface area contributed by atoms with Crippen molar-refractivity contribution in [3.63, 3.8) is 0 Å². The number of aliphatic hydroxyl groups excluding tert-OH is 1. The Morgan fingerprint density at radius 2 is 0.360 bits per heavy atom. The summed E-state index contributed by atoms with van der Waals surface area (Å²) in [5.41, 5.74) is 7.01. The molecule has 0 heterocycles. The van der Waals surface area contributed by atoms with E-state index in [0.29, 0.717) is 0 Å². The molecule has 1 heteroatoms. The Labute approximate surface area is 410 Å². The molecule has 1 atom stereocenters. The van der Waals surface area contributed by atoms with Crippen LogP contribution in [0.15, 0.2) is 60.7 Å². The van der Waals surface area contributed by atoms with E-state index in [9.17, 15) is 5.11 Å². The molecule has 2 spiro atoms. The van der Waals surface area contributed by atoms with Crippen molar-refractivity contribution in [1.29, 1.82) is 0 Å². The maximum atomic E-state index is 14.9. The third-order valence-electron chi connectivity index (χ3n) is 27.2. The largest absolute Gasteiger partial charge is 0.387 e. The molecule has 1 nitrogen and oxygen atoms in total. The van der Waals surface area contributed by atoms with Gasteiger partial charge in [0.1, 0.15) is 0 Å². The lowest BCUT2D eigenvalue weighted by atomic mass is 9.68. The highest BCUT2D eigenvalue weighted by Crippen LogP contribution is 2.98. The highest BCUT2D eigenvalue weighted by atomic mass is 16.3. The molecule has 314 valence electrons. The second-order valence-electron chi connectivity index (χ2n) is 27.2. The summed E-state index contributed by atoms with van der Waals surface area (Å²) >= 11 is 0. The van der Waals surface area contributed by atoms with Crippen LogP contribution in [0.25, 0.3) is 291 Å². The van der Waals surface area contributed by atoms with Crippen molar-refractivity contribution in [2.24, 2.45) is 0 Å². The van der Waals surface area contributed by atoms with Crippen molar-refractivity contribution in [3.8, 4) is 0 Å². The van der Waals surface area contributed by atoms with E-state index >= 15 is 0 Å². The SMILES string of the molecule is OC(c1ccccc1)C1(c2ccccc2)C23c4c5c6c7c8c9c(c%10c%11c2c2c4c4c%12c5c5c6c6c8c8c%13c9c9c%10c%10c%11c%11c2c2c4c4c%12c%12c5c5c6c8c6c8c%13c9c9c%10c%10c%11c2c2c4c4c%12c5c6c5c8c9c%10c2c45)C731. The summed E-state index contributed by atoms with van der Waals surface area (Å²) in [4.78, 5) is 0. The molecule has 0 aromatic heterocycles. The van der Waals surface area contributed by atoms with Gasteiger partial charge in [0.2, 0.25) is 0 Å². The topological polar surface area (TPSA) is 20.2 Å². The smallest absolute Gasteiger partial charge is 0.0911 e. The van der Waals surface area contributed by atoms with Crippen LogP contribution in [0.2, 0.25) is 0 Å². The van der Waals surface area contributed by atoms with E-state index in [0.717, 1.165) is 5.56 Å². The second kappa shape index (κ2) is 6.49. The third kappa shape index (κ3) is 1.51. The van der Waals surface area contributed by atoms with Gasteiger partial charge in [0.05, 0.1) is 22.3 Å². The number of aliphatic hydroxyl groups is 1. The lowest BCUT2D eigenvalue weighted by Gasteiger charge is -2.32. The molecule has 5 aliphatic carbocycles. The maximum absolute atomic E-state index is 14.9. The normalized spacial score (nSPS) is 23.9. The van der Waals surface area contributed by atoms with Crippen LogP contribution in [0.4, 0.5) is 0 Å². The predicted molar refractivity (Wildman–Crippen MR) is 313 cm³/mol. The Morgan fingerprint density at radius 3 is 0.547 bits per heavy atom. The number of rotatable bonds is 3. The summed E-state index contributed by atoms with van der Waals surface area (Å²) in [6.07, 6.45) is -0.777. The molecular weight excluding hydrogens is 905 g/mol. The van der Waals surface area contributed by atoms with E-state index in [1.54, 1.807) is 313 Å². The first kappa shape index (κ1) is 28.3. The van der Waals surface area contributed by atoms with Crippen LogP contribution in [0, 0.1) is 0 Å². The lowest BCUT2D eigenvalue weighted by molar-refractivity contribution is 0.118. The summed E-state index contributed by atoms with van der Waals surface area (Å²) in [6, 6.07) is 23.0. The van der Waals surface area contributed by atoms with Crippen molar-refractivity contribution < 1.29 is 5.11 Å². The van der Waals surface area contributed by atoms with Gasteiger partial charge in [-0.25, -0.2) is 0 Å². The Morgan fingerprint density at radius 1 is 0.200 bits per heavy atom. The molecule has 1 saturated carbocycles. The first-order valence-electron chi connectivity index (χ1n) is 27.9. The van der Waals surface area contributed by atoms with Gasteiger partial charge >= 0.3 is 0 Å². The van der Waals surface area contributed by atoms with Gasteiger partial charge in [-0.15, -0.1) is 0 Å². The molecule has 35 rings (SSSR count). The molecule has 0 radical (unpaired) electrons. The molecule has 5 aliphatic rings. The fourth-order valence-electron chi connectivity index (χ4n) is 27.2. The van der Waals surface area contributed by atoms with Crippen LogP contribution in [0.1, 0.15) is 39.5 Å². The van der Waals surface area contributed by atoms with Gasteiger partial charge in [-0.3, -0.25) is 0 Å². The molecule has 0 bridgehead atoms. The molecule has 1 N–H and O–H groups in total. The van der Waals surface area contributed by atoms with E-state index < -0.39 is 22.3 Å². The minimum absolute atomic E-state index is 0.554. The van der Waals surface area contributed by atoms with Crippen LogP contribution < -0.4 is 0 Å². The fraction of sp³-hybridized carbons (Fsp3) is 0.0541. The van der Waals surface area contributed by atoms with Gasteiger partial charge in [-0.05, 0) is 324 Å². The minimum Gasteiger partial charge on any atom is -0.387 e. The van der Waals surface area contributed by atoms with E-state index in [1.807, 2.05) is 0 Å². The van der Waals surface area contributed by atoms with Gasteiger partial charge in [0.15, 0.2) is 0 Å². The average Bonchev–Trinajstić information content (AvgIpc) is 1.52. The molecule has 0 saturated heterocycles. The average molecular weight is 917 g/mol. The summed E-state index contributed by atoms with van der Waals surface area (Å²) in [5, 5.41) is 102. The van der Waals surface area contributed by atoms with Crippen molar-refractivity contribution in [2.45, 2.75) is 22.3 Å². The zero-order chi connectivity index (χ0) is 44.8. The van der Waals surface area contributed by atoms with Gasteiger partial charge in [-0.2, -0.15) is 0 Å². The van der Waals surface area contributed by atoms with Crippen molar-refractivity contribution in [3.05, 3.63) is 94.0 Å². The minimum atomic E-state index is -0.777. The monoisotopic (exact) mass is 916 g/mol. The third-order valence-corrected chi connectivity index (χ3v) is 27.2. The van der Waals surface area contributed by atoms with Gasteiger partial charge in [0, 0.05) is 0 Å². The van der Waals surface area contributed by atoms with Gasteiger partial charge in [0.25, 0.3) is 0 Å². The molecule has 1 fully saturated rings. The predicted octanol–water partition coefficient (Wildman–Crippen LogP) is 19.0. The fourth-order valence-corrected chi connectivity index (χ4v) is 27.2. The standard InChI is InChI=1S/C74H12O/c75-71(11-7-3-1-4-8-11)72(12-9-5-2-6-10-12)73-67-59-51-41-31-23-15-13-14-17-21-19(15)27-35-29(21)39-33-25(17)26-18(14)22-20-16(13)24(23)32-38-28(20)36-30(22)40-34(26)44-43(33)53-47(39)57-49(35)55(45(51)37(27)31)63(67)65(57)69-61(53)62-54(44)48(40)58-50(36)56-46(38)52(42(32)41)60(59)68(73)64(56)66(58)70(62)74(69,72)73/h1-10,71,75H. The molecule has 30 aromatic rings. The number of hydrogen-bond acceptors (Lipinski definition) is 1. The van der Waals surface area contributed by atoms with Crippen molar-refractivity contribution in [1.82, 2.24) is 0 Å². The van der Waals surface area contributed by atoms with Crippen LogP contribution >= 0.6 is 0 Å². The Kier molecular flexibility index (Phi) is 2.45. The van der Waals surface area contributed by atoms with E-state index in [2.05, 4.69) is 60.7 Å². The highest BCUT2D eigenvalue weighted by molar-refractivity contribution is 6.82. The van der Waals surface area contributed by atoms with Gasteiger partial charge < -0.3 is 5.11 Å². The van der Waals surface area contributed by atoms with Crippen molar-refractivity contribution >= 4 is 291 Å². The van der Waals surface area contributed by atoms with Crippen LogP contribution in [0.5, 0.6) is 0 Å². The lowest BCUT2D eigenvalue weighted by Crippen LogP contribution is -2.30. The summed E-state index contributed by atoms with van der Waals surface area (Å²) in [6.45, 7) is 0. The second-order valence-corrected chi connectivity index (χ2v) is 27.2. The molecule has 0 amide bonds. The van der Waals surface area contributed by atoms with Crippen LogP contribution in [0.3, 0.4) is 0 Å².